The first-order chi connectivity index (χ1) is 7.17. The van der Waals surface area contributed by atoms with Crippen LogP contribution in [-0.4, -0.2) is 34.6 Å². The number of aliphatic hydroxyl groups is 1. The molecule has 0 aliphatic carbocycles. The second-order valence-electron chi connectivity index (χ2n) is 3.61. The van der Waals surface area contributed by atoms with Crippen LogP contribution in [0.4, 0.5) is 0 Å². The van der Waals surface area contributed by atoms with E-state index in [0.29, 0.717) is 0 Å². The normalized spacial score (nSPS) is 13.4. The summed E-state index contributed by atoms with van der Waals surface area (Å²) in [5.74, 6) is 0. The molecule has 1 aromatic rings. The topological polar surface area (TPSA) is 36.4 Å². The summed E-state index contributed by atoms with van der Waals surface area (Å²) in [7, 11) is 0. The molecule has 86 valence electrons. The van der Waals surface area contributed by atoms with Crippen molar-refractivity contribution < 1.29 is 5.11 Å². The Morgan fingerprint density at radius 2 is 2.13 bits per heavy atom. The Kier molecular flexibility index (Phi) is 5.22. The molecule has 0 amide bonds. The van der Waals surface area contributed by atoms with Crippen LogP contribution < -0.4 is 0 Å². The Balaban J connectivity index is 2.43. The largest absolute Gasteiger partial charge is 0.388 e. The number of rotatable bonds is 6. The van der Waals surface area contributed by atoms with E-state index in [4.69, 9.17) is 0 Å². The lowest BCUT2D eigenvalue weighted by molar-refractivity contribution is 0.203. The maximum absolute atomic E-state index is 9.37. The van der Waals surface area contributed by atoms with E-state index in [1.165, 1.54) is 0 Å². The van der Waals surface area contributed by atoms with Crippen LogP contribution in [0.15, 0.2) is 6.20 Å². The molecule has 1 rings (SSSR count). The number of aromatic nitrogens is 1. The number of nitrogens with zero attached hydrogens (tertiary/aromatic N) is 2. The number of hydrogen-bond acceptors (Lipinski definition) is 4. The summed E-state index contributed by atoms with van der Waals surface area (Å²) in [5.41, 5.74) is 0. The Morgan fingerprint density at radius 1 is 1.47 bits per heavy atom. The molecule has 0 aliphatic heterocycles. The molecule has 3 nitrogen and oxygen atoms in total. The molecule has 1 N–H and O–H groups in total. The summed E-state index contributed by atoms with van der Waals surface area (Å²) in [4.78, 5) is 7.65. The standard InChI is InChI=1S/C11H20N2OS/c1-4-13(5-2)7-6-11-12-8-10(15-11)9(3)14/h8-9,14H,4-7H2,1-3H3. The van der Waals surface area contributed by atoms with Gasteiger partial charge in [-0.05, 0) is 20.0 Å². The highest BCUT2D eigenvalue weighted by atomic mass is 32.1. The quantitative estimate of drug-likeness (QED) is 0.810. The minimum Gasteiger partial charge on any atom is -0.388 e. The maximum Gasteiger partial charge on any atom is 0.0941 e. The van der Waals surface area contributed by atoms with E-state index in [0.717, 1.165) is 35.9 Å². The van der Waals surface area contributed by atoms with E-state index in [9.17, 15) is 5.11 Å². The molecule has 0 radical (unpaired) electrons. The predicted molar refractivity (Wildman–Crippen MR) is 64.2 cm³/mol. The molecular formula is C11H20N2OS. The maximum atomic E-state index is 9.37. The van der Waals surface area contributed by atoms with E-state index in [1.807, 2.05) is 0 Å². The van der Waals surface area contributed by atoms with Crippen molar-refractivity contribution in [2.75, 3.05) is 19.6 Å². The van der Waals surface area contributed by atoms with Gasteiger partial charge >= 0.3 is 0 Å². The minimum absolute atomic E-state index is 0.385. The van der Waals surface area contributed by atoms with Crippen LogP contribution in [0.25, 0.3) is 0 Å². The highest BCUT2D eigenvalue weighted by Gasteiger charge is 2.07. The van der Waals surface area contributed by atoms with Crippen molar-refractivity contribution in [3.8, 4) is 0 Å². The molecule has 0 bridgehead atoms. The van der Waals surface area contributed by atoms with Crippen molar-refractivity contribution in [2.45, 2.75) is 33.3 Å². The molecule has 15 heavy (non-hydrogen) atoms. The van der Waals surface area contributed by atoms with Crippen LogP contribution in [0.1, 0.15) is 36.8 Å². The van der Waals surface area contributed by atoms with Gasteiger partial charge in [0.15, 0.2) is 0 Å². The predicted octanol–water partition coefficient (Wildman–Crippen LogP) is 2.08. The lowest BCUT2D eigenvalue weighted by Gasteiger charge is -2.16. The van der Waals surface area contributed by atoms with E-state index in [1.54, 1.807) is 24.5 Å². The summed E-state index contributed by atoms with van der Waals surface area (Å²) in [6.07, 6.45) is 2.39. The second-order valence-corrected chi connectivity index (χ2v) is 4.76. The van der Waals surface area contributed by atoms with Crippen molar-refractivity contribution in [2.24, 2.45) is 0 Å². The SMILES string of the molecule is CCN(CC)CCc1ncc(C(C)O)s1. The average molecular weight is 228 g/mol. The van der Waals surface area contributed by atoms with Gasteiger partial charge in [0.05, 0.1) is 16.0 Å². The van der Waals surface area contributed by atoms with Gasteiger partial charge in [-0.2, -0.15) is 0 Å². The molecule has 1 heterocycles. The molecule has 0 aromatic carbocycles. The third-order valence-corrected chi connectivity index (χ3v) is 3.75. The number of likely N-dealkylation sites (N-methyl/N-ethyl adjacent to an activating group) is 1. The van der Waals surface area contributed by atoms with Crippen molar-refractivity contribution in [1.29, 1.82) is 0 Å². The summed E-state index contributed by atoms with van der Waals surface area (Å²) >= 11 is 1.62. The lowest BCUT2D eigenvalue weighted by Crippen LogP contribution is -2.25. The molecule has 1 aromatic heterocycles. The molecule has 0 aliphatic rings. The fraction of sp³-hybridized carbons (Fsp3) is 0.727. The van der Waals surface area contributed by atoms with E-state index >= 15 is 0 Å². The van der Waals surface area contributed by atoms with E-state index < -0.39 is 0 Å². The third kappa shape index (κ3) is 3.89. The zero-order chi connectivity index (χ0) is 11.3. The van der Waals surface area contributed by atoms with Gasteiger partial charge in [-0.1, -0.05) is 13.8 Å². The molecule has 1 atom stereocenters. The van der Waals surface area contributed by atoms with Crippen molar-refractivity contribution >= 4 is 11.3 Å². The van der Waals surface area contributed by atoms with Gasteiger partial charge in [0.1, 0.15) is 0 Å². The highest BCUT2D eigenvalue weighted by Crippen LogP contribution is 2.20. The second kappa shape index (κ2) is 6.20. The Morgan fingerprint density at radius 3 is 2.60 bits per heavy atom. The lowest BCUT2D eigenvalue weighted by atomic mass is 10.3. The van der Waals surface area contributed by atoms with Crippen molar-refractivity contribution in [1.82, 2.24) is 9.88 Å². The van der Waals surface area contributed by atoms with E-state index in [2.05, 4.69) is 23.7 Å². The monoisotopic (exact) mass is 228 g/mol. The summed E-state index contributed by atoms with van der Waals surface area (Å²) in [6, 6.07) is 0. The Labute approximate surface area is 95.8 Å². The van der Waals surface area contributed by atoms with Crippen LogP contribution in [0, 0.1) is 0 Å². The highest BCUT2D eigenvalue weighted by molar-refractivity contribution is 7.11. The van der Waals surface area contributed by atoms with Gasteiger partial charge in [0.2, 0.25) is 0 Å². The van der Waals surface area contributed by atoms with Gasteiger partial charge < -0.3 is 10.0 Å². The molecule has 0 fully saturated rings. The Hall–Kier alpha value is -0.450. The molecule has 4 heteroatoms. The van der Waals surface area contributed by atoms with Gasteiger partial charge in [-0.3, -0.25) is 0 Å². The molecule has 1 unspecified atom stereocenters. The fourth-order valence-corrected chi connectivity index (χ4v) is 2.27. The molecular weight excluding hydrogens is 208 g/mol. The minimum atomic E-state index is -0.385. The van der Waals surface area contributed by atoms with Crippen molar-refractivity contribution in [3.05, 3.63) is 16.1 Å². The van der Waals surface area contributed by atoms with Crippen molar-refractivity contribution in [3.63, 3.8) is 0 Å². The molecule has 0 saturated carbocycles. The van der Waals surface area contributed by atoms with Gasteiger partial charge in [0.25, 0.3) is 0 Å². The van der Waals surface area contributed by atoms with Gasteiger partial charge in [-0.15, -0.1) is 11.3 Å². The number of hydrogen-bond donors (Lipinski definition) is 1. The van der Waals surface area contributed by atoms with Crippen LogP contribution >= 0.6 is 11.3 Å². The van der Waals surface area contributed by atoms with Crippen LogP contribution in [0.5, 0.6) is 0 Å². The molecule has 0 spiro atoms. The Bertz CT molecular complexity index is 282. The average Bonchev–Trinajstić information content (AvgIpc) is 2.68. The fourth-order valence-electron chi connectivity index (χ4n) is 1.43. The smallest absolute Gasteiger partial charge is 0.0941 e. The first-order valence-corrected chi connectivity index (χ1v) is 6.34. The van der Waals surface area contributed by atoms with Gasteiger partial charge in [-0.25, -0.2) is 4.98 Å². The first-order valence-electron chi connectivity index (χ1n) is 5.52. The zero-order valence-electron chi connectivity index (χ0n) is 9.73. The van der Waals surface area contributed by atoms with E-state index in [-0.39, 0.29) is 6.10 Å². The van der Waals surface area contributed by atoms with Crippen LogP contribution in [-0.2, 0) is 6.42 Å². The third-order valence-electron chi connectivity index (χ3n) is 2.52. The van der Waals surface area contributed by atoms with Gasteiger partial charge in [0, 0.05) is 19.2 Å². The zero-order valence-corrected chi connectivity index (χ0v) is 10.5. The first kappa shape index (κ1) is 12.6. The number of aliphatic hydroxyl groups excluding tert-OH is 1. The van der Waals surface area contributed by atoms with Crippen LogP contribution in [0.2, 0.25) is 0 Å². The number of thiazole rings is 1. The summed E-state index contributed by atoms with van der Waals surface area (Å²) in [5, 5.41) is 10.5. The van der Waals surface area contributed by atoms with Crippen LogP contribution in [0.3, 0.4) is 0 Å². The summed E-state index contributed by atoms with van der Waals surface area (Å²) < 4.78 is 0. The molecule has 0 saturated heterocycles. The summed E-state index contributed by atoms with van der Waals surface area (Å²) in [6.45, 7) is 9.36.